The van der Waals surface area contributed by atoms with E-state index >= 15 is 0 Å². The van der Waals surface area contributed by atoms with E-state index in [0.717, 1.165) is 24.2 Å². The summed E-state index contributed by atoms with van der Waals surface area (Å²) in [7, 11) is 0. The molecule has 0 atom stereocenters. The molecule has 0 radical (unpaired) electrons. The quantitative estimate of drug-likeness (QED) is 0.745. The van der Waals surface area contributed by atoms with Crippen molar-refractivity contribution in [2.45, 2.75) is 26.2 Å². The monoisotopic (exact) mass is 223 g/mol. The summed E-state index contributed by atoms with van der Waals surface area (Å²) < 4.78 is 2.00. The summed E-state index contributed by atoms with van der Waals surface area (Å²) >= 11 is 0. The molecule has 0 aliphatic heterocycles. The SMILES string of the molecule is Cc1nn(-c2cccc(C#N)c2)c2c1CCC2. The van der Waals surface area contributed by atoms with Crippen molar-refractivity contribution in [2.24, 2.45) is 0 Å². The maximum atomic E-state index is 8.93. The Morgan fingerprint density at radius 3 is 3.06 bits per heavy atom. The van der Waals surface area contributed by atoms with Crippen LogP contribution in [0.4, 0.5) is 0 Å². The minimum atomic E-state index is 0.683. The summed E-state index contributed by atoms with van der Waals surface area (Å²) in [6.45, 7) is 2.06. The van der Waals surface area contributed by atoms with Gasteiger partial charge in [0, 0.05) is 5.69 Å². The number of fused-ring (bicyclic) bond motifs is 1. The highest BCUT2D eigenvalue weighted by Gasteiger charge is 2.20. The zero-order valence-corrected chi connectivity index (χ0v) is 9.77. The van der Waals surface area contributed by atoms with Gasteiger partial charge in [-0.3, -0.25) is 0 Å². The molecular formula is C14H13N3. The molecule has 1 aliphatic carbocycles. The van der Waals surface area contributed by atoms with Gasteiger partial charge >= 0.3 is 0 Å². The van der Waals surface area contributed by atoms with Crippen LogP contribution in [0.3, 0.4) is 0 Å². The molecule has 1 aromatic carbocycles. The summed E-state index contributed by atoms with van der Waals surface area (Å²) in [6.07, 6.45) is 3.44. The van der Waals surface area contributed by atoms with E-state index in [0.29, 0.717) is 5.56 Å². The molecular weight excluding hydrogens is 210 g/mol. The van der Waals surface area contributed by atoms with Gasteiger partial charge < -0.3 is 0 Å². The third-order valence-corrected chi connectivity index (χ3v) is 3.35. The van der Waals surface area contributed by atoms with Crippen LogP contribution in [0.2, 0.25) is 0 Å². The van der Waals surface area contributed by atoms with Gasteiger partial charge in [0.2, 0.25) is 0 Å². The van der Waals surface area contributed by atoms with Crippen molar-refractivity contribution < 1.29 is 0 Å². The van der Waals surface area contributed by atoms with Crippen LogP contribution in [-0.2, 0) is 12.8 Å². The van der Waals surface area contributed by atoms with E-state index < -0.39 is 0 Å². The van der Waals surface area contributed by atoms with E-state index in [1.165, 1.54) is 17.7 Å². The van der Waals surface area contributed by atoms with E-state index in [9.17, 15) is 0 Å². The number of hydrogen-bond acceptors (Lipinski definition) is 2. The van der Waals surface area contributed by atoms with Crippen LogP contribution in [0.15, 0.2) is 24.3 Å². The molecule has 0 saturated carbocycles. The van der Waals surface area contributed by atoms with Crippen molar-refractivity contribution in [1.82, 2.24) is 9.78 Å². The van der Waals surface area contributed by atoms with Gasteiger partial charge in [-0.25, -0.2) is 4.68 Å². The Bertz CT molecular complexity index is 617. The Morgan fingerprint density at radius 2 is 2.24 bits per heavy atom. The molecule has 2 aromatic rings. The summed E-state index contributed by atoms with van der Waals surface area (Å²) in [6, 6.07) is 9.80. The molecule has 0 spiro atoms. The normalized spacial score (nSPS) is 13.4. The van der Waals surface area contributed by atoms with Crippen molar-refractivity contribution in [3.63, 3.8) is 0 Å². The molecule has 0 saturated heterocycles. The maximum Gasteiger partial charge on any atom is 0.0992 e. The number of aryl methyl sites for hydroxylation is 1. The minimum absolute atomic E-state index is 0.683. The summed E-state index contributed by atoms with van der Waals surface area (Å²) in [5, 5.41) is 13.5. The van der Waals surface area contributed by atoms with Crippen LogP contribution in [0.1, 0.15) is 28.9 Å². The van der Waals surface area contributed by atoms with Crippen LogP contribution in [0, 0.1) is 18.3 Å². The predicted octanol–water partition coefficient (Wildman–Crippen LogP) is 2.54. The molecule has 3 heteroatoms. The molecule has 1 aromatic heterocycles. The Balaban J connectivity index is 2.16. The van der Waals surface area contributed by atoms with Crippen LogP contribution >= 0.6 is 0 Å². The summed E-state index contributed by atoms with van der Waals surface area (Å²) in [5.41, 5.74) is 5.52. The van der Waals surface area contributed by atoms with Gasteiger partial charge in [0.1, 0.15) is 0 Å². The smallest absolute Gasteiger partial charge is 0.0992 e. The maximum absolute atomic E-state index is 8.93. The summed E-state index contributed by atoms with van der Waals surface area (Å²) in [5.74, 6) is 0. The Morgan fingerprint density at radius 1 is 1.35 bits per heavy atom. The van der Waals surface area contributed by atoms with Gasteiger partial charge in [-0.2, -0.15) is 10.4 Å². The van der Waals surface area contributed by atoms with Gasteiger partial charge in [0.05, 0.1) is 23.0 Å². The lowest BCUT2D eigenvalue weighted by Gasteiger charge is -2.05. The number of rotatable bonds is 1. The lowest BCUT2D eigenvalue weighted by molar-refractivity contribution is 0.773. The minimum Gasteiger partial charge on any atom is -0.237 e. The lowest BCUT2D eigenvalue weighted by Crippen LogP contribution is -2.01. The first-order valence-electron chi connectivity index (χ1n) is 5.87. The van der Waals surface area contributed by atoms with Crippen LogP contribution in [0.25, 0.3) is 5.69 Å². The highest BCUT2D eigenvalue weighted by molar-refractivity contribution is 5.44. The Labute approximate surface area is 100 Å². The molecule has 0 fully saturated rings. The van der Waals surface area contributed by atoms with Crippen LogP contribution < -0.4 is 0 Å². The van der Waals surface area contributed by atoms with E-state index in [1.54, 1.807) is 0 Å². The second-order valence-electron chi connectivity index (χ2n) is 4.44. The molecule has 1 aliphatic rings. The molecule has 3 rings (SSSR count). The summed E-state index contributed by atoms with van der Waals surface area (Å²) in [4.78, 5) is 0. The molecule has 0 unspecified atom stereocenters. The van der Waals surface area contributed by atoms with Crippen LogP contribution in [0.5, 0.6) is 0 Å². The van der Waals surface area contributed by atoms with Gasteiger partial charge in [-0.05, 0) is 49.9 Å². The zero-order chi connectivity index (χ0) is 11.8. The predicted molar refractivity (Wildman–Crippen MR) is 65.0 cm³/mol. The Kier molecular flexibility index (Phi) is 2.22. The first kappa shape index (κ1) is 10.1. The fourth-order valence-corrected chi connectivity index (χ4v) is 2.54. The Hall–Kier alpha value is -2.08. The number of hydrogen-bond donors (Lipinski definition) is 0. The first-order valence-corrected chi connectivity index (χ1v) is 5.87. The average Bonchev–Trinajstić information content (AvgIpc) is 2.94. The van der Waals surface area contributed by atoms with E-state index in [-0.39, 0.29) is 0 Å². The van der Waals surface area contributed by atoms with Crippen molar-refractivity contribution in [1.29, 1.82) is 5.26 Å². The highest BCUT2D eigenvalue weighted by atomic mass is 15.3. The van der Waals surface area contributed by atoms with Gasteiger partial charge in [-0.15, -0.1) is 0 Å². The number of nitriles is 1. The van der Waals surface area contributed by atoms with Crippen molar-refractivity contribution in [3.8, 4) is 11.8 Å². The van der Waals surface area contributed by atoms with Gasteiger partial charge in [0.15, 0.2) is 0 Å². The third kappa shape index (κ3) is 1.53. The zero-order valence-electron chi connectivity index (χ0n) is 9.77. The molecule has 1 heterocycles. The molecule has 0 N–H and O–H groups in total. The highest BCUT2D eigenvalue weighted by Crippen LogP contribution is 2.27. The van der Waals surface area contributed by atoms with E-state index in [2.05, 4.69) is 18.1 Å². The van der Waals surface area contributed by atoms with Gasteiger partial charge in [0.25, 0.3) is 0 Å². The fourth-order valence-electron chi connectivity index (χ4n) is 2.54. The largest absolute Gasteiger partial charge is 0.237 e. The second-order valence-corrected chi connectivity index (χ2v) is 4.44. The molecule has 17 heavy (non-hydrogen) atoms. The fraction of sp³-hybridized carbons (Fsp3) is 0.286. The average molecular weight is 223 g/mol. The number of benzene rings is 1. The third-order valence-electron chi connectivity index (χ3n) is 3.35. The van der Waals surface area contributed by atoms with E-state index in [1.807, 2.05) is 28.9 Å². The topological polar surface area (TPSA) is 41.6 Å². The number of nitrogens with zero attached hydrogens (tertiary/aromatic N) is 3. The molecule has 0 bridgehead atoms. The lowest BCUT2D eigenvalue weighted by atomic mass is 10.2. The molecule has 0 amide bonds. The standard InChI is InChI=1S/C14H13N3/c1-10-13-6-3-7-14(13)17(16-10)12-5-2-4-11(8-12)9-15/h2,4-5,8H,3,6-7H2,1H3. The van der Waals surface area contributed by atoms with Crippen molar-refractivity contribution >= 4 is 0 Å². The van der Waals surface area contributed by atoms with Crippen molar-refractivity contribution in [2.75, 3.05) is 0 Å². The number of aromatic nitrogens is 2. The second kappa shape index (κ2) is 3.74. The molecule has 84 valence electrons. The van der Waals surface area contributed by atoms with Gasteiger partial charge in [-0.1, -0.05) is 6.07 Å². The van der Waals surface area contributed by atoms with E-state index in [4.69, 9.17) is 5.26 Å². The first-order chi connectivity index (χ1) is 8.29. The van der Waals surface area contributed by atoms with Crippen LogP contribution in [-0.4, -0.2) is 9.78 Å². The van der Waals surface area contributed by atoms with Crippen molar-refractivity contribution in [3.05, 3.63) is 46.8 Å². The molecule has 3 nitrogen and oxygen atoms in total.